The van der Waals surface area contributed by atoms with Crippen molar-refractivity contribution in [2.24, 2.45) is 0 Å². The van der Waals surface area contributed by atoms with Crippen molar-refractivity contribution in [2.75, 3.05) is 31.8 Å². The Balaban J connectivity index is 1.67. The maximum atomic E-state index is 5.90. The molecule has 0 aliphatic carbocycles. The molecule has 0 amide bonds. The van der Waals surface area contributed by atoms with E-state index in [-0.39, 0.29) is 0 Å². The lowest BCUT2D eigenvalue weighted by Crippen LogP contribution is -2.10. The molecule has 0 saturated heterocycles. The van der Waals surface area contributed by atoms with E-state index >= 15 is 0 Å². The molecule has 6 nitrogen and oxygen atoms in total. The minimum atomic E-state index is 0.644. The molecule has 0 fully saturated rings. The second-order valence-electron chi connectivity index (χ2n) is 7.30. The van der Waals surface area contributed by atoms with Crippen LogP contribution in [-0.4, -0.2) is 30.7 Å². The second kappa shape index (κ2) is 9.34. The molecule has 0 saturated carbocycles. The zero-order valence-corrected chi connectivity index (χ0v) is 17.8. The van der Waals surface area contributed by atoms with Gasteiger partial charge in [0.1, 0.15) is 11.6 Å². The SMILES string of the molecule is COc1cc2nc(Cc3ccccc3)nc(NCCc3cccc(N)c3)c2cc1OC. The van der Waals surface area contributed by atoms with Gasteiger partial charge in [0.25, 0.3) is 0 Å². The van der Waals surface area contributed by atoms with Crippen molar-refractivity contribution in [3.63, 3.8) is 0 Å². The fourth-order valence-electron chi connectivity index (χ4n) is 3.57. The third kappa shape index (κ3) is 4.86. The molecule has 0 aliphatic heterocycles. The quantitative estimate of drug-likeness (QED) is 0.414. The van der Waals surface area contributed by atoms with Gasteiger partial charge in [0.05, 0.1) is 19.7 Å². The summed E-state index contributed by atoms with van der Waals surface area (Å²) in [6.07, 6.45) is 1.48. The third-order valence-corrected chi connectivity index (χ3v) is 5.11. The highest BCUT2D eigenvalue weighted by Gasteiger charge is 2.13. The number of nitrogens with one attached hydrogen (secondary N) is 1. The Hall–Kier alpha value is -3.80. The number of nitrogens with zero attached hydrogens (tertiary/aromatic N) is 2. The highest BCUT2D eigenvalue weighted by molar-refractivity contribution is 5.91. The number of hydrogen-bond acceptors (Lipinski definition) is 6. The van der Waals surface area contributed by atoms with Crippen LogP contribution in [0.1, 0.15) is 17.0 Å². The molecule has 31 heavy (non-hydrogen) atoms. The lowest BCUT2D eigenvalue weighted by Gasteiger charge is -2.14. The number of nitrogens with two attached hydrogens (primary N) is 1. The third-order valence-electron chi connectivity index (χ3n) is 5.11. The molecule has 1 aromatic heterocycles. The van der Waals surface area contributed by atoms with E-state index in [1.807, 2.05) is 48.5 Å². The van der Waals surface area contributed by atoms with Gasteiger partial charge < -0.3 is 20.5 Å². The molecule has 0 bridgehead atoms. The maximum absolute atomic E-state index is 5.90. The molecular weight excluding hydrogens is 388 g/mol. The van der Waals surface area contributed by atoms with Gasteiger partial charge in [0, 0.05) is 30.1 Å². The number of methoxy groups -OCH3 is 2. The zero-order valence-electron chi connectivity index (χ0n) is 17.8. The van der Waals surface area contributed by atoms with Gasteiger partial charge in [-0.25, -0.2) is 9.97 Å². The van der Waals surface area contributed by atoms with Crippen LogP contribution < -0.4 is 20.5 Å². The number of rotatable bonds is 8. The topological polar surface area (TPSA) is 82.3 Å². The van der Waals surface area contributed by atoms with E-state index in [1.165, 1.54) is 5.56 Å². The Labute approximate surface area is 182 Å². The van der Waals surface area contributed by atoms with E-state index in [9.17, 15) is 0 Å². The van der Waals surface area contributed by atoms with Crippen LogP contribution in [0.25, 0.3) is 10.9 Å². The number of aromatic nitrogens is 2. The van der Waals surface area contributed by atoms with Crippen LogP contribution in [0.2, 0.25) is 0 Å². The first kappa shape index (κ1) is 20.5. The molecule has 3 N–H and O–H groups in total. The van der Waals surface area contributed by atoms with Gasteiger partial charge in [0.15, 0.2) is 11.5 Å². The van der Waals surface area contributed by atoms with E-state index in [0.717, 1.165) is 40.2 Å². The van der Waals surface area contributed by atoms with Crippen LogP contribution in [0.15, 0.2) is 66.7 Å². The van der Waals surface area contributed by atoms with Crippen molar-refractivity contribution in [1.29, 1.82) is 0 Å². The largest absolute Gasteiger partial charge is 0.493 e. The van der Waals surface area contributed by atoms with E-state index in [0.29, 0.717) is 24.5 Å². The van der Waals surface area contributed by atoms with Crippen LogP contribution in [0.4, 0.5) is 11.5 Å². The van der Waals surface area contributed by atoms with Crippen LogP contribution in [-0.2, 0) is 12.8 Å². The van der Waals surface area contributed by atoms with Crippen LogP contribution >= 0.6 is 0 Å². The van der Waals surface area contributed by atoms with Crippen molar-refractivity contribution in [3.8, 4) is 11.5 Å². The number of anilines is 2. The van der Waals surface area contributed by atoms with Crippen LogP contribution in [0.3, 0.4) is 0 Å². The average molecular weight is 415 g/mol. The van der Waals surface area contributed by atoms with E-state index < -0.39 is 0 Å². The predicted octanol–water partition coefficient (Wildman–Crippen LogP) is 4.47. The minimum absolute atomic E-state index is 0.644. The van der Waals surface area contributed by atoms with Gasteiger partial charge in [-0.1, -0.05) is 42.5 Å². The highest BCUT2D eigenvalue weighted by atomic mass is 16.5. The Bertz CT molecular complexity index is 1180. The van der Waals surface area contributed by atoms with Crippen molar-refractivity contribution in [3.05, 3.63) is 83.7 Å². The molecule has 158 valence electrons. The summed E-state index contributed by atoms with van der Waals surface area (Å²) in [4.78, 5) is 9.62. The summed E-state index contributed by atoms with van der Waals surface area (Å²) < 4.78 is 11.0. The summed E-state index contributed by atoms with van der Waals surface area (Å²) in [6, 6.07) is 22.0. The van der Waals surface area contributed by atoms with Gasteiger partial charge in [-0.05, 0) is 35.7 Å². The molecule has 0 spiro atoms. The standard InChI is InChI=1S/C25H26N4O2/c1-30-22-15-20-21(16-23(22)31-2)28-24(14-17-7-4-3-5-8-17)29-25(20)27-12-11-18-9-6-10-19(26)13-18/h3-10,13,15-16H,11-12,14,26H2,1-2H3,(H,27,28,29). The monoisotopic (exact) mass is 414 g/mol. The van der Waals surface area contributed by atoms with Gasteiger partial charge in [0.2, 0.25) is 0 Å². The molecule has 6 heteroatoms. The number of ether oxygens (including phenoxy) is 2. The summed E-state index contributed by atoms with van der Waals surface area (Å²) >= 11 is 0. The van der Waals surface area contributed by atoms with Crippen molar-refractivity contribution in [2.45, 2.75) is 12.8 Å². The normalized spacial score (nSPS) is 10.8. The van der Waals surface area contributed by atoms with Gasteiger partial charge in [-0.15, -0.1) is 0 Å². The molecular formula is C25H26N4O2. The molecule has 0 aliphatic rings. The fourth-order valence-corrected chi connectivity index (χ4v) is 3.57. The number of benzene rings is 3. The predicted molar refractivity (Wildman–Crippen MR) is 125 cm³/mol. The van der Waals surface area contributed by atoms with E-state index in [2.05, 4.69) is 23.5 Å². The van der Waals surface area contributed by atoms with E-state index in [1.54, 1.807) is 14.2 Å². The van der Waals surface area contributed by atoms with Gasteiger partial charge in [-0.3, -0.25) is 0 Å². The second-order valence-corrected chi connectivity index (χ2v) is 7.30. The number of nitrogen functional groups attached to an aromatic ring is 1. The Morgan fingerprint density at radius 2 is 1.58 bits per heavy atom. The van der Waals surface area contributed by atoms with E-state index in [4.69, 9.17) is 25.2 Å². The molecule has 0 unspecified atom stereocenters. The summed E-state index contributed by atoms with van der Waals surface area (Å²) in [7, 11) is 3.25. The van der Waals surface area contributed by atoms with Crippen LogP contribution in [0.5, 0.6) is 11.5 Å². The Morgan fingerprint density at radius 3 is 2.32 bits per heavy atom. The lowest BCUT2D eigenvalue weighted by atomic mass is 10.1. The van der Waals surface area contributed by atoms with Crippen molar-refractivity contribution in [1.82, 2.24) is 9.97 Å². The molecule has 4 rings (SSSR count). The lowest BCUT2D eigenvalue weighted by molar-refractivity contribution is 0.356. The number of hydrogen-bond donors (Lipinski definition) is 2. The van der Waals surface area contributed by atoms with Crippen LogP contribution in [0, 0.1) is 0 Å². The Kier molecular flexibility index (Phi) is 6.17. The first-order valence-electron chi connectivity index (χ1n) is 10.2. The number of fused-ring (bicyclic) bond motifs is 1. The van der Waals surface area contributed by atoms with Gasteiger partial charge in [-0.2, -0.15) is 0 Å². The first-order valence-corrected chi connectivity index (χ1v) is 10.2. The Morgan fingerprint density at radius 1 is 0.839 bits per heavy atom. The summed E-state index contributed by atoms with van der Waals surface area (Å²) in [5, 5.41) is 4.37. The maximum Gasteiger partial charge on any atom is 0.162 e. The molecule has 1 heterocycles. The zero-order chi connectivity index (χ0) is 21.6. The molecule has 4 aromatic rings. The molecule has 0 atom stereocenters. The summed E-state index contributed by atoms with van der Waals surface area (Å²) in [6.45, 7) is 0.717. The van der Waals surface area contributed by atoms with Crippen molar-refractivity contribution >= 4 is 22.4 Å². The smallest absolute Gasteiger partial charge is 0.162 e. The van der Waals surface area contributed by atoms with Gasteiger partial charge >= 0.3 is 0 Å². The molecule has 3 aromatic carbocycles. The summed E-state index contributed by atoms with van der Waals surface area (Å²) in [5.41, 5.74) is 9.82. The molecule has 0 radical (unpaired) electrons. The average Bonchev–Trinajstić information content (AvgIpc) is 2.79. The summed E-state index contributed by atoms with van der Waals surface area (Å²) in [5.74, 6) is 2.82. The highest BCUT2D eigenvalue weighted by Crippen LogP contribution is 2.34. The van der Waals surface area contributed by atoms with Crippen molar-refractivity contribution < 1.29 is 9.47 Å². The first-order chi connectivity index (χ1) is 15.2. The minimum Gasteiger partial charge on any atom is -0.493 e. The fraction of sp³-hybridized carbons (Fsp3) is 0.200.